The molecule has 0 unspecified atom stereocenters. The van der Waals surface area contributed by atoms with E-state index in [1.54, 1.807) is 19.2 Å². The highest BCUT2D eigenvalue weighted by Crippen LogP contribution is 2.20. The van der Waals surface area contributed by atoms with Crippen LogP contribution in [0.5, 0.6) is 0 Å². The van der Waals surface area contributed by atoms with Crippen molar-refractivity contribution in [2.45, 2.75) is 18.4 Å². The first-order valence-corrected chi connectivity index (χ1v) is 9.56. The van der Waals surface area contributed by atoms with Crippen LogP contribution in [0, 0.1) is 6.92 Å². The number of esters is 1. The van der Waals surface area contributed by atoms with Gasteiger partial charge in [0.05, 0.1) is 16.0 Å². The quantitative estimate of drug-likeness (QED) is 0.671. The average Bonchev–Trinajstić information content (AvgIpc) is 2.59. The molecule has 6 heteroatoms. The minimum Gasteiger partial charge on any atom is -0.457 e. The summed E-state index contributed by atoms with van der Waals surface area (Å²) in [5, 5.41) is 0.964. The predicted molar refractivity (Wildman–Crippen MR) is 95.2 cm³/mol. The Hall–Kier alpha value is -2.73. The number of ether oxygens (including phenoxy) is 1. The lowest BCUT2D eigenvalue weighted by atomic mass is 10.1. The molecule has 0 saturated heterocycles. The Morgan fingerprint density at radius 2 is 1.88 bits per heavy atom. The fourth-order valence-corrected chi connectivity index (χ4v) is 3.20. The van der Waals surface area contributed by atoms with Gasteiger partial charge in [0.15, 0.2) is 9.84 Å². The summed E-state index contributed by atoms with van der Waals surface area (Å²) < 4.78 is 28.8. The van der Waals surface area contributed by atoms with Gasteiger partial charge in [-0.25, -0.2) is 13.2 Å². The molecule has 0 atom stereocenters. The van der Waals surface area contributed by atoms with Gasteiger partial charge in [0.2, 0.25) is 0 Å². The Labute approximate surface area is 146 Å². The second-order valence-corrected chi connectivity index (χ2v) is 7.83. The summed E-state index contributed by atoms with van der Waals surface area (Å²) in [7, 11) is -3.39. The number of carbonyl (C=O) groups excluding carboxylic acids is 1. The average molecular weight is 355 g/mol. The zero-order valence-corrected chi connectivity index (χ0v) is 14.7. The Kier molecular flexibility index (Phi) is 4.55. The summed E-state index contributed by atoms with van der Waals surface area (Å²) in [6, 6.07) is 13.9. The lowest BCUT2D eigenvalue weighted by molar-refractivity contribution is 0.0473. The van der Waals surface area contributed by atoms with Crippen LogP contribution in [0.2, 0.25) is 0 Å². The molecule has 1 heterocycles. The van der Waals surface area contributed by atoms with Crippen molar-refractivity contribution in [3.8, 4) is 0 Å². The number of hydrogen-bond donors (Lipinski definition) is 0. The Bertz CT molecular complexity index is 1050. The van der Waals surface area contributed by atoms with Gasteiger partial charge in [-0.05, 0) is 30.7 Å². The summed E-state index contributed by atoms with van der Waals surface area (Å²) in [4.78, 5) is 16.8. The molecule has 1 aromatic heterocycles. The first kappa shape index (κ1) is 17.1. The van der Waals surface area contributed by atoms with Crippen LogP contribution in [0.25, 0.3) is 10.9 Å². The molecule has 0 radical (unpaired) electrons. The minimum absolute atomic E-state index is 0.0652. The molecular weight excluding hydrogens is 338 g/mol. The first-order valence-electron chi connectivity index (χ1n) is 7.67. The molecule has 0 aliphatic heterocycles. The summed E-state index contributed by atoms with van der Waals surface area (Å²) in [5.41, 5.74) is 2.48. The van der Waals surface area contributed by atoms with E-state index in [9.17, 15) is 13.2 Å². The molecule has 0 bridgehead atoms. The molecule has 128 valence electrons. The predicted octanol–water partition coefficient (Wildman–Crippen LogP) is 3.30. The number of sulfone groups is 1. The van der Waals surface area contributed by atoms with E-state index in [1.165, 1.54) is 12.1 Å². The Morgan fingerprint density at radius 1 is 1.12 bits per heavy atom. The summed E-state index contributed by atoms with van der Waals surface area (Å²) in [5.74, 6) is -0.559. The second kappa shape index (κ2) is 6.64. The Balaban J connectivity index is 1.86. The van der Waals surface area contributed by atoms with Crippen molar-refractivity contribution in [1.29, 1.82) is 0 Å². The molecule has 2 aromatic carbocycles. The maximum Gasteiger partial charge on any atom is 0.338 e. The molecule has 0 aliphatic carbocycles. The number of fused-ring (bicyclic) bond motifs is 1. The standard InChI is InChI=1S/C19H17NO4S/c1-13-8-9-16(25(2,22)23)11-17(13)19(21)24-12-15-6-3-5-14-7-4-10-20-18(14)15/h3-11H,12H2,1-2H3. The van der Waals surface area contributed by atoms with Gasteiger partial charge in [-0.15, -0.1) is 0 Å². The van der Waals surface area contributed by atoms with Crippen LogP contribution in [0.15, 0.2) is 59.6 Å². The molecule has 3 rings (SSSR count). The molecule has 0 saturated carbocycles. The van der Waals surface area contributed by atoms with Gasteiger partial charge in [-0.3, -0.25) is 4.98 Å². The molecule has 0 fully saturated rings. The SMILES string of the molecule is Cc1ccc(S(C)(=O)=O)cc1C(=O)OCc1cccc2cccnc12. The van der Waals surface area contributed by atoms with Crippen LogP contribution in [-0.4, -0.2) is 25.6 Å². The number of rotatable bonds is 4. The normalized spacial score (nSPS) is 11.4. The number of carbonyl (C=O) groups is 1. The number of nitrogens with zero attached hydrogens (tertiary/aromatic N) is 1. The van der Waals surface area contributed by atoms with E-state index < -0.39 is 15.8 Å². The number of benzene rings is 2. The second-order valence-electron chi connectivity index (χ2n) is 5.82. The van der Waals surface area contributed by atoms with Gasteiger partial charge < -0.3 is 4.74 Å². The highest BCUT2D eigenvalue weighted by atomic mass is 32.2. The summed E-state index contributed by atoms with van der Waals surface area (Å²) in [6.07, 6.45) is 2.79. The van der Waals surface area contributed by atoms with Gasteiger partial charge in [-0.2, -0.15) is 0 Å². The fourth-order valence-electron chi connectivity index (χ4n) is 2.56. The van der Waals surface area contributed by atoms with E-state index in [0.29, 0.717) is 5.56 Å². The minimum atomic E-state index is -3.39. The van der Waals surface area contributed by atoms with Crippen LogP contribution in [0.3, 0.4) is 0 Å². The van der Waals surface area contributed by atoms with Gasteiger partial charge in [0.25, 0.3) is 0 Å². The van der Waals surface area contributed by atoms with Crippen LogP contribution >= 0.6 is 0 Å². The zero-order valence-electron chi connectivity index (χ0n) is 13.9. The van der Waals surface area contributed by atoms with E-state index in [-0.39, 0.29) is 17.1 Å². The van der Waals surface area contributed by atoms with E-state index >= 15 is 0 Å². The number of aromatic nitrogens is 1. The van der Waals surface area contributed by atoms with Crippen LogP contribution in [-0.2, 0) is 21.2 Å². The molecule has 5 nitrogen and oxygen atoms in total. The largest absolute Gasteiger partial charge is 0.457 e. The van der Waals surface area contributed by atoms with Gasteiger partial charge in [0.1, 0.15) is 6.61 Å². The molecular formula is C19H17NO4S. The summed E-state index contributed by atoms with van der Waals surface area (Å²) in [6.45, 7) is 1.80. The van der Waals surface area contributed by atoms with Crippen molar-refractivity contribution in [3.63, 3.8) is 0 Å². The third-order valence-electron chi connectivity index (χ3n) is 3.93. The van der Waals surface area contributed by atoms with Gasteiger partial charge >= 0.3 is 5.97 Å². The van der Waals surface area contributed by atoms with Crippen molar-refractivity contribution in [2.24, 2.45) is 0 Å². The fraction of sp³-hybridized carbons (Fsp3) is 0.158. The van der Waals surface area contributed by atoms with Crippen molar-refractivity contribution in [3.05, 3.63) is 71.4 Å². The Morgan fingerprint density at radius 3 is 2.64 bits per heavy atom. The molecule has 25 heavy (non-hydrogen) atoms. The number of hydrogen-bond acceptors (Lipinski definition) is 5. The zero-order chi connectivity index (χ0) is 18.0. The highest BCUT2D eigenvalue weighted by Gasteiger charge is 2.16. The van der Waals surface area contributed by atoms with E-state index in [1.807, 2.05) is 30.3 Å². The number of aryl methyl sites for hydroxylation is 1. The smallest absolute Gasteiger partial charge is 0.338 e. The van der Waals surface area contributed by atoms with Crippen LogP contribution < -0.4 is 0 Å². The van der Waals surface area contributed by atoms with Gasteiger partial charge in [-0.1, -0.05) is 30.3 Å². The maximum atomic E-state index is 12.4. The van der Waals surface area contributed by atoms with Crippen molar-refractivity contribution in [1.82, 2.24) is 4.98 Å². The van der Waals surface area contributed by atoms with Crippen molar-refractivity contribution < 1.29 is 17.9 Å². The lowest BCUT2D eigenvalue weighted by Gasteiger charge is -2.10. The van der Waals surface area contributed by atoms with Crippen molar-refractivity contribution >= 4 is 26.7 Å². The number of pyridine rings is 1. The van der Waals surface area contributed by atoms with E-state index in [4.69, 9.17) is 4.74 Å². The van der Waals surface area contributed by atoms with E-state index in [2.05, 4.69) is 4.98 Å². The molecule has 0 amide bonds. The summed E-state index contributed by atoms with van der Waals surface area (Å²) >= 11 is 0. The van der Waals surface area contributed by atoms with Crippen LogP contribution in [0.1, 0.15) is 21.5 Å². The molecule has 0 spiro atoms. The number of para-hydroxylation sites is 1. The monoisotopic (exact) mass is 355 g/mol. The molecule has 0 aliphatic rings. The third kappa shape index (κ3) is 3.69. The highest BCUT2D eigenvalue weighted by molar-refractivity contribution is 7.90. The first-order chi connectivity index (χ1) is 11.9. The molecule has 3 aromatic rings. The molecule has 0 N–H and O–H groups in total. The maximum absolute atomic E-state index is 12.4. The van der Waals surface area contributed by atoms with Gasteiger partial charge in [0, 0.05) is 23.4 Å². The van der Waals surface area contributed by atoms with E-state index in [0.717, 1.165) is 22.7 Å². The van der Waals surface area contributed by atoms with Crippen LogP contribution in [0.4, 0.5) is 0 Å². The third-order valence-corrected chi connectivity index (χ3v) is 5.04. The lowest BCUT2D eigenvalue weighted by Crippen LogP contribution is -2.09. The van der Waals surface area contributed by atoms with Crippen molar-refractivity contribution in [2.75, 3.05) is 6.26 Å². The topological polar surface area (TPSA) is 73.3 Å².